The summed E-state index contributed by atoms with van der Waals surface area (Å²) >= 11 is 0. The molecule has 214 valence electrons. The first-order valence-corrected chi connectivity index (χ1v) is 14.9. The van der Waals surface area contributed by atoms with Gasteiger partial charge in [-0.2, -0.15) is 9.40 Å². The standard InChI is InChI=1S/C27H39N5O6S/c1-5-7-23-22-19-24(28-27(33)26(22)30(3)29-23)21-18-20(8-9-25(21)38-6-2)39(34,35)32(14-15-36-4)11-10-31-12-16-37-17-13-31/h8-9,18-19H,5-7,10-17H2,1-4H3,(H,28,33). The number of rotatable bonds is 13. The number of nitrogens with zero attached hydrogens (tertiary/aromatic N) is 4. The Morgan fingerprint density at radius 2 is 1.92 bits per heavy atom. The van der Waals surface area contributed by atoms with Gasteiger partial charge in [-0.05, 0) is 37.6 Å². The molecule has 1 N–H and O–H groups in total. The van der Waals surface area contributed by atoms with Gasteiger partial charge in [0.05, 0.1) is 42.7 Å². The summed E-state index contributed by atoms with van der Waals surface area (Å²) in [5.41, 5.74) is 2.01. The second-order valence-corrected chi connectivity index (χ2v) is 11.5. The average Bonchev–Trinajstić information content (AvgIpc) is 3.25. The van der Waals surface area contributed by atoms with Gasteiger partial charge in [-0.25, -0.2) is 8.42 Å². The molecule has 2 aromatic heterocycles. The van der Waals surface area contributed by atoms with E-state index >= 15 is 0 Å². The highest BCUT2D eigenvalue weighted by Gasteiger charge is 2.27. The maximum Gasteiger partial charge on any atom is 0.274 e. The van der Waals surface area contributed by atoms with Gasteiger partial charge in [0.15, 0.2) is 0 Å². The summed E-state index contributed by atoms with van der Waals surface area (Å²) in [6.07, 6.45) is 1.61. The molecule has 1 aromatic carbocycles. The predicted octanol–water partition coefficient (Wildman–Crippen LogP) is 2.25. The van der Waals surface area contributed by atoms with Gasteiger partial charge >= 0.3 is 0 Å². The molecule has 0 spiro atoms. The maximum absolute atomic E-state index is 13.9. The van der Waals surface area contributed by atoms with Crippen LogP contribution < -0.4 is 10.3 Å². The molecule has 1 aliphatic rings. The van der Waals surface area contributed by atoms with Crippen LogP contribution in [-0.4, -0.2) is 98.6 Å². The van der Waals surface area contributed by atoms with E-state index in [2.05, 4.69) is 21.9 Å². The molecule has 1 saturated heterocycles. The first-order valence-electron chi connectivity index (χ1n) is 13.4. The molecule has 0 amide bonds. The number of pyridine rings is 1. The van der Waals surface area contributed by atoms with Crippen LogP contribution in [0, 0.1) is 0 Å². The molecule has 0 saturated carbocycles. The highest BCUT2D eigenvalue weighted by atomic mass is 32.2. The Balaban J connectivity index is 1.75. The Kier molecular flexibility index (Phi) is 9.78. The Labute approximate surface area is 229 Å². The average molecular weight is 562 g/mol. The number of aromatic nitrogens is 3. The number of sulfonamides is 1. The molecule has 0 unspecified atom stereocenters. The second kappa shape index (κ2) is 13.1. The van der Waals surface area contributed by atoms with E-state index in [0.717, 1.165) is 37.0 Å². The molecular weight excluding hydrogens is 522 g/mol. The SMILES string of the molecule is CCCc1nn(C)c2c(=O)[nH]c(-c3cc(S(=O)(=O)N(CCOC)CCN4CCOCC4)ccc3OCC)cc12. The lowest BCUT2D eigenvalue weighted by Crippen LogP contribution is -2.44. The van der Waals surface area contributed by atoms with Crippen LogP contribution in [0.1, 0.15) is 26.0 Å². The lowest BCUT2D eigenvalue weighted by atomic mass is 10.1. The van der Waals surface area contributed by atoms with Crippen LogP contribution in [0.2, 0.25) is 0 Å². The number of methoxy groups -OCH3 is 1. The zero-order chi connectivity index (χ0) is 28.0. The van der Waals surface area contributed by atoms with Gasteiger partial charge < -0.3 is 19.2 Å². The van der Waals surface area contributed by atoms with Crippen molar-refractivity contribution < 1.29 is 22.6 Å². The largest absolute Gasteiger partial charge is 0.493 e. The van der Waals surface area contributed by atoms with Gasteiger partial charge in [0, 0.05) is 57.8 Å². The smallest absolute Gasteiger partial charge is 0.274 e. The first-order chi connectivity index (χ1) is 18.8. The van der Waals surface area contributed by atoms with Crippen molar-refractivity contribution in [2.24, 2.45) is 7.05 Å². The Hall–Kier alpha value is -2.77. The van der Waals surface area contributed by atoms with E-state index in [4.69, 9.17) is 14.2 Å². The molecule has 1 aliphatic heterocycles. The minimum atomic E-state index is -3.87. The third kappa shape index (κ3) is 6.52. The summed E-state index contributed by atoms with van der Waals surface area (Å²) in [5, 5.41) is 5.29. The van der Waals surface area contributed by atoms with Crippen LogP contribution in [-0.2, 0) is 33.0 Å². The summed E-state index contributed by atoms with van der Waals surface area (Å²) in [6, 6.07) is 6.66. The number of morpholine rings is 1. The van der Waals surface area contributed by atoms with Crippen LogP contribution in [0.5, 0.6) is 5.75 Å². The fourth-order valence-corrected chi connectivity index (χ4v) is 6.32. The van der Waals surface area contributed by atoms with Gasteiger partial charge in [0.2, 0.25) is 10.0 Å². The molecule has 1 fully saturated rings. The Morgan fingerprint density at radius 1 is 1.15 bits per heavy atom. The summed E-state index contributed by atoms with van der Waals surface area (Å²) in [4.78, 5) is 18.4. The monoisotopic (exact) mass is 561 g/mol. The van der Waals surface area contributed by atoms with Gasteiger partial charge in [-0.3, -0.25) is 14.4 Å². The van der Waals surface area contributed by atoms with Gasteiger partial charge in [0.25, 0.3) is 5.56 Å². The number of H-pyrrole nitrogens is 1. The molecule has 0 radical (unpaired) electrons. The van der Waals surface area contributed by atoms with E-state index in [9.17, 15) is 13.2 Å². The fraction of sp³-hybridized carbons (Fsp3) is 0.556. The third-order valence-electron chi connectivity index (χ3n) is 6.89. The first kappa shape index (κ1) is 29.2. The van der Waals surface area contributed by atoms with Crippen molar-refractivity contribution in [3.05, 3.63) is 40.3 Å². The van der Waals surface area contributed by atoms with E-state index in [0.29, 0.717) is 55.4 Å². The van der Waals surface area contributed by atoms with E-state index in [-0.39, 0.29) is 23.6 Å². The molecule has 0 aliphatic carbocycles. The lowest BCUT2D eigenvalue weighted by Gasteiger charge is -2.29. The van der Waals surface area contributed by atoms with Crippen molar-refractivity contribution in [1.29, 1.82) is 0 Å². The quantitative estimate of drug-likeness (QED) is 0.338. The number of hydrogen-bond acceptors (Lipinski definition) is 8. The molecule has 3 aromatic rings. The number of aryl methyl sites for hydroxylation is 2. The molecular formula is C27H39N5O6S. The minimum absolute atomic E-state index is 0.125. The van der Waals surface area contributed by atoms with Crippen LogP contribution in [0.4, 0.5) is 0 Å². The zero-order valence-electron chi connectivity index (χ0n) is 23.2. The van der Waals surface area contributed by atoms with Crippen molar-refractivity contribution in [3.8, 4) is 17.0 Å². The molecule has 0 bridgehead atoms. The molecule has 39 heavy (non-hydrogen) atoms. The summed E-state index contributed by atoms with van der Waals surface area (Å²) < 4.78 is 47.3. The van der Waals surface area contributed by atoms with E-state index in [1.807, 2.05) is 13.0 Å². The molecule has 4 rings (SSSR count). The molecule has 0 atom stereocenters. The normalized spacial score (nSPS) is 14.9. The maximum atomic E-state index is 13.9. The highest BCUT2D eigenvalue weighted by molar-refractivity contribution is 7.89. The summed E-state index contributed by atoms with van der Waals surface area (Å²) in [5.74, 6) is 0.490. The van der Waals surface area contributed by atoms with Crippen LogP contribution in [0.3, 0.4) is 0 Å². The van der Waals surface area contributed by atoms with E-state index < -0.39 is 10.0 Å². The third-order valence-corrected chi connectivity index (χ3v) is 8.79. The number of benzene rings is 1. The topological polar surface area (TPSA) is 119 Å². The Morgan fingerprint density at radius 3 is 2.62 bits per heavy atom. The zero-order valence-corrected chi connectivity index (χ0v) is 24.1. The number of fused-ring (bicyclic) bond motifs is 1. The molecule has 3 heterocycles. The van der Waals surface area contributed by atoms with E-state index in [1.165, 1.54) is 4.31 Å². The highest BCUT2D eigenvalue weighted by Crippen LogP contribution is 2.33. The number of hydrogen-bond donors (Lipinski definition) is 1. The van der Waals surface area contributed by atoms with Gasteiger partial charge in [0.1, 0.15) is 11.3 Å². The van der Waals surface area contributed by atoms with Crippen LogP contribution in [0.15, 0.2) is 34.0 Å². The van der Waals surface area contributed by atoms with Crippen molar-refractivity contribution in [3.63, 3.8) is 0 Å². The number of ether oxygens (including phenoxy) is 3. The van der Waals surface area contributed by atoms with Crippen LogP contribution in [0.25, 0.3) is 22.2 Å². The van der Waals surface area contributed by atoms with Gasteiger partial charge in [-0.15, -0.1) is 0 Å². The molecule has 12 heteroatoms. The van der Waals surface area contributed by atoms with Crippen molar-refractivity contribution >= 4 is 20.9 Å². The minimum Gasteiger partial charge on any atom is -0.493 e. The predicted molar refractivity (Wildman–Crippen MR) is 150 cm³/mol. The van der Waals surface area contributed by atoms with Crippen LogP contribution >= 0.6 is 0 Å². The fourth-order valence-electron chi connectivity index (χ4n) is 4.88. The second-order valence-electron chi connectivity index (χ2n) is 9.54. The number of aromatic amines is 1. The Bertz CT molecular complexity index is 1430. The van der Waals surface area contributed by atoms with Gasteiger partial charge in [-0.1, -0.05) is 13.3 Å². The van der Waals surface area contributed by atoms with Crippen molar-refractivity contribution in [2.45, 2.75) is 31.6 Å². The van der Waals surface area contributed by atoms with E-state index in [1.54, 1.807) is 37.0 Å². The van der Waals surface area contributed by atoms with Crippen molar-refractivity contribution in [1.82, 2.24) is 24.0 Å². The summed E-state index contributed by atoms with van der Waals surface area (Å²) in [7, 11) is -0.564. The molecule has 11 nitrogen and oxygen atoms in total. The number of nitrogens with one attached hydrogen (secondary N) is 1. The summed E-state index contributed by atoms with van der Waals surface area (Å²) in [6.45, 7) is 8.57. The van der Waals surface area contributed by atoms with Crippen molar-refractivity contribution in [2.75, 3.05) is 66.3 Å². The lowest BCUT2D eigenvalue weighted by molar-refractivity contribution is 0.0357.